The zero-order valence-corrected chi connectivity index (χ0v) is 19.5. The van der Waals surface area contributed by atoms with Gasteiger partial charge in [-0.2, -0.15) is 5.10 Å². The van der Waals surface area contributed by atoms with Crippen LogP contribution in [0.25, 0.3) is 17.2 Å². The van der Waals surface area contributed by atoms with Gasteiger partial charge in [0.25, 0.3) is 11.8 Å². The Morgan fingerprint density at radius 1 is 1.17 bits per heavy atom. The number of nitrogens with one attached hydrogen (secondary N) is 1. The molecule has 3 heterocycles. The molecular weight excluding hydrogens is 448 g/mol. The van der Waals surface area contributed by atoms with E-state index in [0.717, 1.165) is 16.7 Å². The number of carbonyl (C=O) groups is 3. The number of hydrogen-bond acceptors (Lipinski definition) is 7. The number of hydrogen-bond donors (Lipinski definition) is 2. The van der Waals surface area contributed by atoms with Gasteiger partial charge in [-0.3, -0.25) is 14.3 Å². The van der Waals surface area contributed by atoms with Gasteiger partial charge in [-0.25, -0.2) is 9.78 Å². The van der Waals surface area contributed by atoms with Crippen molar-refractivity contribution in [2.45, 2.75) is 12.5 Å². The summed E-state index contributed by atoms with van der Waals surface area (Å²) in [5.74, 6) is -0.758. The van der Waals surface area contributed by atoms with Crippen LogP contribution in [-0.2, 0) is 16.6 Å². The second-order valence-corrected chi connectivity index (χ2v) is 8.25. The largest absolute Gasteiger partial charge is 0.466 e. The molecule has 4 rings (SSSR count). The van der Waals surface area contributed by atoms with Crippen LogP contribution in [0.2, 0.25) is 0 Å². The first-order chi connectivity index (χ1) is 16.8. The number of aromatic nitrogens is 3. The standard InChI is InChI=1S/C25H26N6O4/c1-30-14-19(13-28-30)18-11-21(23(26)27-12-18)24(33)29-20-9-10-31(15-20)25(34)17-6-3-16(4-7-17)5-8-22(32)35-2/h3-8,11-14,20H,9-10,15H2,1-2H3,(H2,26,27)(H,29,33)/b8-5+/t20-/m1/s1. The van der Waals surface area contributed by atoms with Gasteiger partial charge < -0.3 is 20.7 Å². The summed E-state index contributed by atoms with van der Waals surface area (Å²) in [6, 6.07) is 8.43. The Labute approximate surface area is 202 Å². The third kappa shape index (κ3) is 5.55. The highest BCUT2D eigenvalue weighted by molar-refractivity contribution is 6.00. The van der Waals surface area contributed by atoms with Crippen molar-refractivity contribution in [3.63, 3.8) is 0 Å². The van der Waals surface area contributed by atoms with E-state index in [-0.39, 0.29) is 29.2 Å². The van der Waals surface area contributed by atoms with Gasteiger partial charge in [-0.1, -0.05) is 12.1 Å². The van der Waals surface area contributed by atoms with E-state index in [1.807, 2.05) is 13.2 Å². The Balaban J connectivity index is 1.37. The van der Waals surface area contributed by atoms with Gasteiger partial charge in [-0.15, -0.1) is 0 Å². The minimum absolute atomic E-state index is 0.120. The number of esters is 1. The van der Waals surface area contributed by atoms with E-state index in [9.17, 15) is 14.4 Å². The van der Waals surface area contributed by atoms with Crippen LogP contribution in [0.1, 0.15) is 32.7 Å². The number of aryl methyl sites for hydroxylation is 1. The van der Waals surface area contributed by atoms with E-state index in [2.05, 4.69) is 20.1 Å². The van der Waals surface area contributed by atoms with Crippen molar-refractivity contribution >= 4 is 29.7 Å². The maximum atomic E-state index is 12.9. The van der Waals surface area contributed by atoms with E-state index in [1.54, 1.807) is 58.4 Å². The molecule has 1 saturated heterocycles. The molecule has 0 saturated carbocycles. The number of anilines is 1. The lowest BCUT2D eigenvalue weighted by atomic mass is 10.1. The highest BCUT2D eigenvalue weighted by atomic mass is 16.5. The second kappa shape index (κ2) is 10.2. The van der Waals surface area contributed by atoms with Gasteiger partial charge in [0.2, 0.25) is 0 Å². The molecule has 1 atom stereocenters. The van der Waals surface area contributed by atoms with E-state index in [4.69, 9.17) is 5.73 Å². The number of methoxy groups -OCH3 is 1. The van der Waals surface area contributed by atoms with Crippen molar-refractivity contribution in [1.29, 1.82) is 0 Å². The molecule has 0 bridgehead atoms. The predicted molar refractivity (Wildman–Crippen MR) is 130 cm³/mol. The first-order valence-corrected chi connectivity index (χ1v) is 11.0. The zero-order valence-electron chi connectivity index (χ0n) is 19.5. The number of ether oxygens (including phenoxy) is 1. The topological polar surface area (TPSA) is 132 Å². The Hall–Kier alpha value is -4.47. The third-order valence-corrected chi connectivity index (χ3v) is 5.78. The van der Waals surface area contributed by atoms with Gasteiger partial charge in [-0.05, 0) is 36.3 Å². The summed E-state index contributed by atoms with van der Waals surface area (Å²) in [4.78, 5) is 42.9. The average molecular weight is 475 g/mol. The molecule has 2 aromatic heterocycles. The Kier molecular flexibility index (Phi) is 6.91. The summed E-state index contributed by atoms with van der Waals surface area (Å²) in [5, 5.41) is 7.12. The minimum Gasteiger partial charge on any atom is -0.466 e. The first-order valence-electron chi connectivity index (χ1n) is 11.0. The summed E-state index contributed by atoms with van der Waals surface area (Å²) in [6.07, 6.45) is 8.70. The molecule has 10 heteroatoms. The SMILES string of the molecule is COC(=O)/C=C/c1ccc(C(=O)N2CC[C@@H](NC(=O)c3cc(-c4cnn(C)c4)cnc3N)C2)cc1. The number of rotatable bonds is 6. The molecule has 0 unspecified atom stereocenters. The van der Waals surface area contributed by atoms with Crippen LogP contribution in [-0.4, -0.2) is 63.7 Å². The van der Waals surface area contributed by atoms with Crippen LogP contribution in [0.5, 0.6) is 0 Å². The Bertz CT molecular complexity index is 1280. The molecule has 1 aromatic carbocycles. The quantitative estimate of drug-likeness (QED) is 0.412. The van der Waals surface area contributed by atoms with Gasteiger partial charge in [0.05, 0.1) is 18.9 Å². The number of likely N-dealkylation sites (tertiary alicyclic amines) is 1. The molecule has 1 aliphatic rings. The number of amides is 2. The molecule has 0 radical (unpaired) electrons. The number of pyridine rings is 1. The van der Waals surface area contributed by atoms with E-state index in [1.165, 1.54) is 13.2 Å². The minimum atomic E-state index is -0.448. The summed E-state index contributed by atoms with van der Waals surface area (Å²) in [7, 11) is 3.12. The fraction of sp³-hybridized carbons (Fsp3) is 0.240. The highest BCUT2D eigenvalue weighted by Crippen LogP contribution is 2.22. The average Bonchev–Trinajstić information content (AvgIpc) is 3.51. The number of nitrogens with two attached hydrogens (primary N) is 1. The lowest BCUT2D eigenvalue weighted by Gasteiger charge is -2.18. The second-order valence-electron chi connectivity index (χ2n) is 8.25. The number of nitrogens with zero attached hydrogens (tertiary/aromatic N) is 4. The van der Waals surface area contributed by atoms with Crippen molar-refractivity contribution in [3.05, 3.63) is 71.7 Å². The van der Waals surface area contributed by atoms with Crippen LogP contribution in [0.4, 0.5) is 5.82 Å². The maximum absolute atomic E-state index is 12.9. The number of benzene rings is 1. The summed E-state index contributed by atoms with van der Waals surface area (Å²) < 4.78 is 6.24. The van der Waals surface area contributed by atoms with Gasteiger partial charge in [0.15, 0.2) is 0 Å². The van der Waals surface area contributed by atoms with E-state index < -0.39 is 5.97 Å². The lowest BCUT2D eigenvalue weighted by molar-refractivity contribution is -0.134. The zero-order chi connectivity index (χ0) is 24.9. The van der Waals surface area contributed by atoms with Crippen molar-refractivity contribution < 1.29 is 19.1 Å². The summed E-state index contributed by atoms with van der Waals surface area (Å²) >= 11 is 0. The van der Waals surface area contributed by atoms with Gasteiger partial charge >= 0.3 is 5.97 Å². The number of nitrogen functional groups attached to an aromatic ring is 1. The van der Waals surface area contributed by atoms with Crippen LogP contribution in [0.3, 0.4) is 0 Å². The molecular formula is C25H26N6O4. The van der Waals surface area contributed by atoms with E-state index >= 15 is 0 Å². The summed E-state index contributed by atoms with van der Waals surface area (Å²) in [6.45, 7) is 0.918. The Morgan fingerprint density at radius 3 is 2.63 bits per heavy atom. The van der Waals surface area contributed by atoms with E-state index in [0.29, 0.717) is 25.1 Å². The molecule has 1 fully saturated rings. The van der Waals surface area contributed by atoms with Crippen LogP contribution in [0, 0.1) is 0 Å². The molecule has 2 amide bonds. The predicted octanol–water partition coefficient (Wildman–Crippen LogP) is 1.89. The molecule has 1 aliphatic heterocycles. The monoisotopic (exact) mass is 474 g/mol. The first kappa shape index (κ1) is 23.7. The highest BCUT2D eigenvalue weighted by Gasteiger charge is 2.28. The molecule has 10 nitrogen and oxygen atoms in total. The third-order valence-electron chi connectivity index (χ3n) is 5.78. The van der Waals surface area contributed by atoms with Gasteiger partial charge in [0, 0.05) is 61.3 Å². The summed E-state index contributed by atoms with van der Waals surface area (Å²) in [5.41, 5.74) is 9.14. The van der Waals surface area contributed by atoms with Crippen molar-refractivity contribution in [2.75, 3.05) is 25.9 Å². The van der Waals surface area contributed by atoms with Crippen molar-refractivity contribution in [3.8, 4) is 11.1 Å². The van der Waals surface area contributed by atoms with Crippen LogP contribution >= 0.6 is 0 Å². The number of carbonyl (C=O) groups excluding carboxylic acids is 3. The van der Waals surface area contributed by atoms with Crippen LogP contribution < -0.4 is 11.1 Å². The maximum Gasteiger partial charge on any atom is 0.330 e. The molecule has 35 heavy (non-hydrogen) atoms. The molecule has 0 aliphatic carbocycles. The van der Waals surface area contributed by atoms with Gasteiger partial charge in [0.1, 0.15) is 5.82 Å². The molecule has 3 N–H and O–H groups in total. The fourth-order valence-electron chi connectivity index (χ4n) is 3.86. The molecule has 3 aromatic rings. The normalized spacial score (nSPS) is 15.4. The van der Waals surface area contributed by atoms with Crippen molar-refractivity contribution in [1.82, 2.24) is 25.0 Å². The fourth-order valence-corrected chi connectivity index (χ4v) is 3.86. The molecule has 0 spiro atoms. The van der Waals surface area contributed by atoms with Crippen molar-refractivity contribution in [2.24, 2.45) is 7.05 Å². The Morgan fingerprint density at radius 2 is 1.94 bits per heavy atom. The smallest absolute Gasteiger partial charge is 0.330 e. The lowest BCUT2D eigenvalue weighted by Crippen LogP contribution is -2.38. The molecule has 180 valence electrons. The van der Waals surface area contributed by atoms with Crippen LogP contribution in [0.15, 0.2) is 55.0 Å².